The van der Waals surface area contributed by atoms with Gasteiger partial charge in [0.05, 0.1) is 33.8 Å². The molecule has 0 spiro atoms. The van der Waals surface area contributed by atoms with Crippen LogP contribution in [0.2, 0.25) is 0 Å². The molecule has 0 radical (unpaired) electrons. The Hall–Kier alpha value is -0.910. The van der Waals surface area contributed by atoms with E-state index in [4.69, 9.17) is 0 Å². The Morgan fingerprint density at radius 1 is 1.46 bits per heavy atom. The third-order valence-corrected chi connectivity index (χ3v) is 2.56. The van der Waals surface area contributed by atoms with Crippen LogP contribution in [-0.4, -0.2) is 7.76 Å². The summed E-state index contributed by atoms with van der Waals surface area (Å²) in [5.41, 5.74) is 1.83. The molecular weight excluding hydrogens is 279 g/mol. The first-order chi connectivity index (χ1) is 6.18. The van der Waals surface area contributed by atoms with Crippen LogP contribution >= 0.6 is 22.9 Å². The van der Waals surface area contributed by atoms with Crippen molar-refractivity contribution in [3.63, 3.8) is 0 Å². The molecule has 0 bridgehead atoms. The Kier molecular flexibility index (Phi) is 2.07. The van der Waals surface area contributed by atoms with Crippen LogP contribution in [-0.2, 0) is 0 Å². The fourth-order valence-electron chi connectivity index (χ4n) is 1.21. The van der Waals surface area contributed by atoms with Crippen molar-refractivity contribution in [3.05, 3.63) is 40.4 Å². The number of nitrogens with zero attached hydrogens (tertiary/aromatic N) is 2. The molecule has 0 unspecified atom stereocenters. The van der Waals surface area contributed by atoms with E-state index in [9.17, 15) is 4.79 Å². The van der Waals surface area contributed by atoms with Gasteiger partial charge in [0.25, 0.3) is 5.56 Å². The highest BCUT2D eigenvalue weighted by Gasteiger charge is 2.01. The largest absolute Gasteiger partial charge is 0.270 e. The highest BCUT2D eigenvalue weighted by atomic mass is 127. The molecule has 2 aromatic rings. The Labute approximate surface area is 88.9 Å². The lowest BCUT2D eigenvalue weighted by Crippen LogP contribution is -2.12. The lowest BCUT2D eigenvalue weighted by atomic mass is 10.2. The number of aromatic nitrogens is 2. The minimum absolute atomic E-state index is 0.00528. The second kappa shape index (κ2) is 3.10. The zero-order valence-corrected chi connectivity index (χ0v) is 9.15. The topological polar surface area (TPSA) is 34.9 Å². The molecular formula is C9H7IN2O. The molecule has 1 aromatic carbocycles. The molecule has 3 nitrogen and oxygen atoms in total. The monoisotopic (exact) mass is 286 g/mol. The van der Waals surface area contributed by atoms with E-state index in [1.807, 2.05) is 48.0 Å². The van der Waals surface area contributed by atoms with E-state index in [0.717, 1.165) is 11.1 Å². The molecule has 0 amide bonds. The first-order valence-electron chi connectivity index (χ1n) is 3.82. The van der Waals surface area contributed by atoms with Gasteiger partial charge in [0.2, 0.25) is 0 Å². The van der Waals surface area contributed by atoms with Crippen LogP contribution in [0.5, 0.6) is 0 Å². The standard InChI is InChI=1S/C9H7IN2O/c1-6-2-3-8-7(4-6)9(13)12(10)5-11-8/h2-5H,1H3. The summed E-state index contributed by atoms with van der Waals surface area (Å²) in [4.78, 5) is 15.7. The van der Waals surface area contributed by atoms with Gasteiger partial charge in [-0.3, -0.25) is 4.79 Å². The Bertz CT molecular complexity index is 513. The number of hydrogen-bond donors (Lipinski definition) is 0. The van der Waals surface area contributed by atoms with E-state index >= 15 is 0 Å². The van der Waals surface area contributed by atoms with Gasteiger partial charge in [0, 0.05) is 0 Å². The van der Waals surface area contributed by atoms with Gasteiger partial charge in [0.15, 0.2) is 0 Å². The van der Waals surface area contributed by atoms with E-state index in [-0.39, 0.29) is 5.56 Å². The number of halogens is 1. The van der Waals surface area contributed by atoms with Gasteiger partial charge in [-0.05, 0) is 19.1 Å². The molecule has 0 N–H and O–H groups in total. The maximum absolute atomic E-state index is 11.6. The van der Waals surface area contributed by atoms with Gasteiger partial charge in [-0.15, -0.1) is 0 Å². The average Bonchev–Trinajstić information content (AvgIpc) is 2.12. The van der Waals surface area contributed by atoms with Crippen molar-refractivity contribution in [2.45, 2.75) is 6.92 Å². The highest BCUT2D eigenvalue weighted by Crippen LogP contribution is 2.09. The smallest absolute Gasteiger partial charge is 0.268 e. The summed E-state index contributed by atoms with van der Waals surface area (Å²) in [5, 5.41) is 0.678. The van der Waals surface area contributed by atoms with Crippen molar-refractivity contribution in [3.8, 4) is 0 Å². The Morgan fingerprint density at radius 3 is 3.00 bits per heavy atom. The fourth-order valence-corrected chi connectivity index (χ4v) is 1.60. The molecule has 0 aliphatic heterocycles. The van der Waals surface area contributed by atoms with Crippen LogP contribution in [0.4, 0.5) is 0 Å². The molecule has 1 aromatic heterocycles. The van der Waals surface area contributed by atoms with Crippen LogP contribution in [0.3, 0.4) is 0 Å². The van der Waals surface area contributed by atoms with Gasteiger partial charge in [-0.25, -0.2) is 7.76 Å². The van der Waals surface area contributed by atoms with Crippen LogP contribution < -0.4 is 5.56 Å². The summed E-state index contributed by atoms with van der Waals surface area (Å²) in [7, 11) is 0. The summed E-state index contributed by atoms with van der Waals surface area (Å²) >= 11 is 1.93. The van der Waals surface area contributed by atoms with E-state index in [0.29, 0.717) is 5.39 Å². The molecule has 1 heterocycles. The van der Waals surface area contributed by atoms with E-state index in [1.165, 1.54) is 9.11 Å². The third-order valence-electron chi connectivity index (χ3n) is 1.87. The summed E-state index contributed by atoms with van der Waals surface area (Å²) < 4.78 is 1.46. The van der Waals surface area contributed by atoms with Gasteiger partial charge in [-0.2, -0.15) is 0 Å². The first kappa shape index (κ1) is 8.68. The number of aryl methyl sites for hydroxylation is 1. The molecule has 13 heavy (non-hydrogen) atoms. The predicted octanol–water partition coefficient (Wildman–Crippen LogP) is 1.90. The second-order valence-electron chi connectivity index (χ2n) is 2.88. The Morgan fingerprint density at radius 2 is 2.23 bits per heavy atom. The van der Waals surface area contributed by atoms with Crippen LogP contribution in [0.25, 0.3) is 10.9 Å². The molecule has 0 aliphatic carbocycles. The van der Waals surface area contributed by atoms with Crippen molar-refractivity contribution in [2.75, 3.05) is 0 Å². The quantitative estimate of drug-likeness (QED) is 0.693. The first-order valence-corrected chi connectivity index (χ1v) is 4.79. The Balaban J connectivity index is 2.97. The maximum atomic E-state index is 11.6. The van der Waals surface area contributed by atoms with E-state index in [1.54, 1.807) is 0 Å². The van der Waals surface area contributed by atoms with Gasteiger partial charge in [0.1, 0.15) is 6.33 Å². The van der Waals surface area contributed by atoms with Crippen molar-refractivity contribution >= 4 is 33.8 Å². The molecule has 0 atom stereocenters. The van der Waals surface area contributed by atoms with Crippen molar-refractivity contribution < 1.29 is 0 Å². The maximum Gasteiger partial charge on any atom is 0.270 e. The lowest BCUT2D eigenvalue weighted by molar-refractivity contribution is 1.14. The molecule has 2 rings (SSSR count). The summed E-state index contributed by atoms with van der Waals surface area (Å²) in [6.07, 6.45) is 1.53. The third kappa shape index (κ3) is 1.46. The fraction of sp³-hybridized carbons (Fsp3) is 0.111. The van der Waals surface area contributed by atoms with E-state index in [2.05, 4.69) is 4.98 Å². The van der Waals surface area contributed by atoms with Crippen molar-refractivity contribution in [1.82, 2.24) is 7.76 Å². The zero-order valence-electron chi connectivity index (χ0n) is 6.99. The number of fused-ring (bicyclic) bond motifs is 1. The van der Waals surface area contributed by atoms with Gasteiger partial charge < -0.3 is 0 Å². The van der Waals surface area contributed by atoms with Crippen LogP contribution in [0.1, 0.15) is 5.56 Å². The summed E-state index contributed by atoms with van der Waals surface area (Å²) in [6, 6.07) is 5.68. The minimum Gasteiger partial charge on any atom is -0.268 e. The predicted molar refractivity (Wildman–Crippen MR) is 60.2 cm³/mol. The van der Waals surface area contributed by atoms with Gasteiger partial charge in [-0.1, -0.05) is 11.6 Å². The number of hydrogen-bond acceptors (Lipinski definition) is 2. The van der Waals surface area contributed by atoms with Crippen molar-refractivity contribution in [1.29, 1.82) is 0 Å². The van der Waals surface area contributed by atoms with Gasteiger partial charge >= 0.3 is 0 Å². The van der Waals surface area contributed by atoms with Crippen molar-refractivity contribution in [2.24, 2.45) is 0 Å². The molecule has 0 saturated carbocycles. The lowest BCUT2D eigenvalue weighted by Gasteiger charge is -1.98. The minimum atomic E-state index is -0.00528. The molecule has 0 aliphatic rings. The summed E-state index contributed by atoms with van der Waals surface area (Å²) in [6.45, 7) is 1.96. The number of rotatable bonds is 0. The second-order valence-corrected chi connectivity index (χ2v) is 3.92. The SMILES string of the molecule is Cc1ccc2ncn(I)c(=O)c2c1. The van der Waals surface area contributed by atoms with Crippen LogP contribution in [0.15, 0.2) is 29.3 Å². The number of benzene rings is 1. The van der Waals surface area contributed by atoms with Crippen LogP contribution in [0, 0.1) is 6.92 Å². The molecule has 4 heteroatoms. The molecule has 0 saturated heterocycles. The molecule has 66 valence electrons. The van der Waals surface area contributed by atoms with E-state index < -0.39 is 0 Å². The average molecular weight is 286 g/mol. The highest BCUT2D eigenvalue weighted by molar-refractivity contribution is 14.1. The zero-order chi connectivity index (χ0) is 9.42. The molecule has 0 fully saturated rings. The summed E-state index contributed by atoms with van der Waals surface area (Å²) in [5.74, 6) is 0. The normalized spacial score (nSPS) is 10.6.